The number of nitrogens with two attached hydrogens (primary N) is 1. The molecular weight excluding hydrogens is 484 g/mol. The van der Waals surface area contributed by atoms with Crippen molar-refractivity contribution in [3.8, 4) is 0 Å². The average Bonchev–Trinajstić information content (AvgIpc) is 2.73. The first-order valence-corrected chi connectivity index (χ1v) is 12.1. The van der Waals surface area contributed by atoms with Gasteiger partial charge in [-0.25, -0.2) is 8.78 Å². The molecule has 3 atom stereocenters. The van der Waals surface area contributed by atoms with Crippen LogP contribution >= 0.6 is 15.9 Å². The molecule has 4 saturated carbocycles. The van der Waals surface area contributed by atoms with E-state index in [1.54, 1.807) is 0 Å². The molecule has 0 radical (unpaired) electrons. The van der Waals surface area contributed by atoms with Crippen LogP contribution in [0.3, 0.4) is 0 Å². The highest BCUT2D eigenvalue weighted by atomic mass is 79.9. The van der Waals surface area contributed by atoms with Gasteiger partial charge in [-0.2, -0.15) is 0 Å². The highest BCUT2D eigenvalue weighted by Crippen LogP contribution is 2.59. The lowest BCUT2D eigenvalue weighted by molar-refractivity contribution is -0.151. The molecule has 2 unspecified atom stereocenters. The van der Waals surface area contributed by atoms with Gasteiger partial charge in [0.15, 0.2) is 0 Å². The van der Waals surface area contributed by atoms with E-state index >= 15 is 0 Å². The van der Waals surface area contributed by atoms with Gasteiger partial charge in [-0.3, -0.25) is 14.5 Å². The largest absolute Gasteiger partial charge is 0.369 e. The van der Waals surface area contributed by atoms with Gasteiger partial charge in [0, 0.05) is 41.1 Å². The molecule has 6 nitrogen and oxygen atoms in total. The van der Waals surface area contributed by atoms with Crippen LogP contribution in [-0.4, -0.2) is 48.6 Å². The lowest BCUT2D eigenvalue weighted by atomic mass is 9.47. The molecule has 1 aromatic rings. The summed E-state index contributed by atoms with van der Waals surface area (Å²) in [6.07, 6.45) is 3.75. The second-order valence-electron chi connectivity index (χ2n) is 10.1. The molecule has 4 bridgehead atoms. The van der Waals surface area contributed by atoms with Gasteiger partial charge >= 0.3 is 0 Å². The Morgan fingerprint density at radius 2 is 1.84 bits per heavy atom. The van der Waals surface area contributed by atoms with Gasteiger partial charge in [-0.1, -0.05) is 15.9 Å². The zero-order valence-electron chi connectivity index (χ0n) is 17.8. The third-order valence-electron chi connectivity index (χ3n) is 8.04. The van der Waals surface area contributed by atoms with Crippen LogP contribution in [-0.2, 0) is 20.9 Å². The Hall–Kier alpha value is -1.58. The summed E-state index contributed by atoms with van der Waals surface area (Å²) >= 11 is 3.09. The summed E-state index contributed by atoms with van der Waals surface area (Å²) < 4.78 is 34.6. The van der Waals surface area contributed by atoms with Crippen molar-refractivity contribution in [3.05, 3.63) is 33.8 Å². The van der Waals surface area contributed by atoms with Crippen molar-refractivity contribution >= 4 is 27.7 Å². The predicted molar refractivity (Wildman–Crippen MR) is 116 cm³/mol. The smallest absolute Gasteiger partial charge is 0.250 e. The third-order valence-corrected chi connectivity index (χ3v) is 8.49. The molecule has 4 aliphatic carbocycles. The normalized spacial score (nSPS) is 36.3. The second-order valence-corrected chi connectivity index (χ2v) is 11.0. The first-order chi connectivity index (χ1) is 15.2. The van der Waals surface area contributed by atoms with Crippen LogP contribution < -0.4 is 11.1 Å². The molecule has 174 valence electrons. The Bertz CT molecular complexity index is 906. The Kier molecular flexibility index (Phi) is 5.78. The fraction of sp³-hybridized carbons (Fsp3) is 0.652. The number of hydrogen-bond acceptors (Lipinski definition) is 4. The Balaban J connectivity index is 1.23. The summed E-state index contributed by atoms with van der Waals surface area (Å²) in [4.78, 5) is 27.1. The number of amides is 2. The summed E-state index contributed by atoms with van der Waals surface area (Å²) in [5.74, 6) is -0.544. The molecule has 1 aromatic carbocycles. The van der Waals surface area contributed by atoms with Gasteiger partial charge in [0.1, 0.15) is 17.7 Å². The number of halogens is 3. The Morgan fingerprint density at radius 1 is 1.19 bits per heavy atom. The third kappa shape index (κ3) is 3.96. The standard InChI is InChI=1S/C23H28BrF2N3O3/c24-15-5-17(25)16(18(26)6-15)10-29-1-2-32-19(11-29)21(30)28-20-13-3-12-4-14(20)9-23(7-12,8-13)22(27)31/h5-6,12-14,19-20H,1-4,7-11H2,(H2,27,31)(H,28,30)/t12?,13?,14?,19-,20?,23?/m1/s1. The zero-order valence-corrected chi connectivity index (χ0v) is 19.4. The van der Waals surface area contributed by atoms with E-state index in [2.05, 4.69) is 21.2 Å². The van der Waals surface area contributed by atoms with Crippen molar-refractivity contribution in [1.82, 2.24) is 10.2 Å². The topological polar surface area (TPSA) is 84.7 Å². The lowest BCUT2D eigenvalue weighted by Gasteiger charge is -2.59. The fourth-order valence-electron chi connectivity index (χ4n) is 6.77. The number of morpholine rings is 1. The van der Waals surface area contributed by atoms with Gasteiger partial charge in [0.2, 0.25) is 5.91 Å². The minimum Gasteiger partial charge on any atom is -0.369 e. The SMILES string of the molecule is NC(=O)C12CC3CC(C1)C(NC(=O)[C@H]1CN(Cc4c(F)cc(Br)cc4F)CCO1)C(C3)C2. The number of benzene rings is 1. The Morgan fingerprint density at radius 3 is 2.47 bits per heavy atom. The van der Waals surface area contributed by atoms with Crippen molar-refractivity contribution in [2.75, 3.05) is 19.7 Å². The molecule has 0 aromatic heterocycles. The molecule has 1 heterocycles. The van der Waals surface area contributed by atoms with E-state index in [-0.39, 0.29) is 48.3 Å². The number of carbonyl (C=O) groups is 2. The number of ether oxygens (including phenoxy) is 1. The van der Waals surface area contributed by atoms with E-state index in [1.807, 2.05) is 4.90 Å². The van der Waals surface area contributed by atoms with Crippen LogP contribution in [0, 0.1) is 34.8 Å². The van der Waals surface area contributed by atoms with Crippen LogP contribution in [0.5, 0.6) is 0 Å². The minimum atomic E-state index is -0.687. The van der Waals surface area contributed by atoms with Gasteiger partial charge in [-0.15, -0.1) is 0 Å². The summed E-state index contributed by atoms with van der Waals surface area (Å²) in [5, 5.41) is 3.21. The van der Waals surface area contributed by atoms with Gasteiger partial charge in [0.25, 0.3) is 5.91 Å². The lowest BCUT2D eigenvalue weighted by Crippen LogP contribution is -2.63. The fourth-order valence-corrected chi connectivity index (χ4v) is 7.17. The second kappa shape index (κ2) is 8.33. The molecule has 3 N–H and O–H groups in total. The summed E-state index contributed by atoms with van der Waals surface area (Å²) in [5.41, 5.74) is 5.35. The van der Waals surface area contributed by atoms with Crippen LogP contribution in [0.4, 0.5) is 8.78 Å². The number of primary amides is 1. The van der Waals surface area contributed by atoms with E-state index in [0.717, 1.165) is 32.1 Å². The van der Waals surface area contributed by atoms with Crippen molar-refractivity contribution in [2.45, 2.75) is 50.8 Å². The van der Waals surface area contributed by atoms with Crippen LogP contribution in [0.15, 0.2) is 16.6 Å². The van der Waals surface area contributed by atoms with Crippen molar-refractivity contribution in [3.63, 3.8) is 0 Å². The zero-order chi connectivity index (χ0) is 22.6. The number of hydrogen-bond donors (Lipinski definition) is 2. The number of rotatable bonds is 5. The van der Waals surface area contributed by atoms with Gasteiger partial charge in [-0.05, 0) is 62.0 Å². The maximum atomic E-state index is 14.2. The Labute approximate surface area is 194 Å². The quantitative estimate of drug-likeness (QED) is 0.636. The van der Waals surface area contributed by atoms with Crippen LogP contribution in [0.1, 0.15) is 37.7 Å². The molecule has 32 heavy (non-hydrogen) atoms. The highest BCUT2D eigenvalue weighted by molar-refractivity contribution is 9.10. The van der Waals surface area contributed by atoms with Gasteiger partial charge in [0.05, 0.1) is 6.61 Å². The maximum absolute atomic E-state index is 14.2. The van der Waals surface area contributed by atoms with E-state index in [0.29, 0.717) is 23.5 Å². The maximum Gasteiger partial charge on any atom is 0.250 e. The monoisotopic (exact) mass is 511 g/mol. The van der Waals surface area contributed by atoms with Crippen molar-refractivity contribution < 1.29 is 23.1 Å². The number of nitrogens with one attached hydrogen (secondary N) is 1. The van der Waals surface area contributed by atoms with Crippen LogP contribution in [0.25, 0.3) is 0 Å². The summed E-state index contributed by atoms with van der Waals surface area (Å²) in [7, 11) is 0. The van der Waals surface area contributed by atoms with Crippen molar-refractivity contribution in [2.24, 2.45) is 28.9 Å². The summed E-state index contributed by atoms with van der Waals surface area (Å²) in [6, 6.07) is 2.52. The van der Waals surface area contributed by atoms with E-state index in [9.17, 15) is 18.4 Å². The van der Waals surface area contributed by atoms with Gasteiger partial charge < -0.3 is 15.8 Å². The molecule has 0 spiro atoms. The van der Waals surface area contributed by atoms with E-state index < -0.39 is 23.2 Å². The average molecular weight is 512 g/mol. The first kappa shape index (κ1) is 22.2. The molecule has 9 heteroatoms. The van der Waals surface area contributed by atoms with E-state index in [4.69, 9.17) is 10.5 Å². The molecule has 5 aliphatic rings. The molecule has 1 saturated heterocycles. The summed E-state index contributed by atoms with van der Waals surface area (Å²) in [6.45, 7) is 1.17. The minimum absolute atomic E-state index is 0.00737. The first-order valence-electron chi connectivity index (χ1n) is 11.3. The van der Waals surface area contributed by atoms with Crippen molar-refractivity contribution in [1.29, 1.82) is 0 Å². The molecule has 2 amide bonds. The number of carbonyl (C=O) groups excluding carboxylic acids is 2. The predicted octanol–water partition coefficient (Wildman–Crippen LogP) is 2.72. The molecule has 5 fully saturated rings. The molecule has 1 aliphatic heterocycles. The molecule has 6 rings (SSSR count). The highest BCUT2D eigenvalue weighted by Gasteiger charge is 2.58. The van der Waals surface area contributed by atoms with Crippen LogP contribution in [0.2, 0.25) is 0 Å². The van der Waals surface area contributed by atoms with E-state index in [1.165, 1.54) is 12.1 Å². The number of nitrogens with zero attached hydrogens (tertiary/aromatic N) is 1. The molecular formula is C23H28BrF2N3O3.